The van der Waals surface area contributed by atoms with Crippen molar-refractivity contribution in [1.29, 1.82) is 0 Å². The van der Waals surface area contributed by atoms with E-state index in [2.05, 4.69) is 15.4 Å². The first kappa shape index (κ1) is 10.5. The standard InChI is InChI=1S/C11H17N3O/c1-10-3-2-4-11(13-10)9-12-14-5-7-15-8-6-14/h2-4,12H,5-9H2,1H3. The van der Waals surface area contributed by atoms with Crippen LogP contribution < -0.4 is 5.43 Å². The van der Waals surface area contributed by atoms with Gasteiger partial charge in [0.25, 0.3) is 0 Å². The highest BCUT2D eigenvalue weighted by Gasteiger charge is 2.09. The van der Waals surface area contributed by atoms with Crippen LogP contribution in [0.2, 0.25) is 0 Å². The summed E-state index contributed by atoms with van der Waals surface area (Å²) in [5.41, 5.74) is 5.51. The van der Waals surface area contributed by atoms with Gasteiger partial charge in [0.05, 0.1) is 25.5 Å². The Labute approximate surface area is 90.2 Å². The highest BCUT2D eigenvalue weighted by atomic mass is 16.5. The van der Waals surface area contributed by atoms with Gasteiger partial charge in [0.1, 0.15) is 0 Å². The highest BCUT2D eigenvalue weighted by Crippen LogP contribution is 1.99. The molecule has 0 atom stereocenters. The van der Waals surface area contributed by atoms with Crippen LogP contribution in [0.4, 0.5) is 0 Å². The SMILES string of the molecule is Cc1cccc(CNN2CCOCC2)n1. The average Bonchev–Trinajstić information content (AvgIpc) is 2.28. The molecule has 1 saturated heterocycles. The molecule has 0 saturated carbocycles. The Balaban J connectivity index is 1.81. The zero-order valence-electron chi connectivity index (χ0n) is 9.07. The minimum atomic E-state index is 0.793. The van der Waals surface area contributed by atoms with E-state index in [0.717, 1.165) is 44.2 Å². The zero-order chi connectivity index (χ0) is 10.5. The second-order valence-corrected chi connectivity index (χ2v) is 3.70. The fraction of sp³-hybridized carbons (Fsp3) is 0.545. The summed E-state index contributed by atoms with van der Waals surface area (Å²) < 4.78 is 5.27. The predicted octanol–water partition coefficient (Wildman–Crippen LogP) is 0.727. The molecule has 4 heteroatoms. The predicted molar refractivity (Wildman–Crippen MR) is 58.2 cm³/mol. The van der Waals surface area contributed by atoms with E-state index in [4.69, 9.17) is 4.74 Å². The van der Waals surface area contributed by atoms with Crippen LogP contribution in [0, 0.1) is 6.92 Å². The first-order chi connectivity index (χ1) is 7.34. The Morgan fingerprint density at radius 3 is 2.93 bits per heavy atom. The van der Waals surface area contributed by atoms with Gasteiger partial charge in [-0.25, -0.2) is 10.4 Å². The van der Waals surface area contributed by atoms with Gasteiger partial charge in [0, 0.05) is 18.8 Å². The summed E-state index contributed by atoms with van der Waals surface area (Å²) in [6, 6.07) is 6.09. The average molecular weight is 207 g/mol. The number of ether oxygens (including phenoxy) is 1. The molecule has 0 bridgehead atoms. The van der Waals surface area contributed by atoms with E-state index >= 15 is 0 Å². The Morgan fingerprint density at radius 2 is 2.20 bits per heavy atom. The molecule has 15 heavy (non-hydrogen) atoms. The van der Waals surface area contributed by atoms with E-state index in [0.29, 0.717) is 0 Å². The van der Waals surface area contributed by atoms with Crippen LogP contribution in [0.1, 0.15) is 11.4 Å². The van der Waals surface area contributed by atoms with E-state index in [1.54, 1.807) is 0 Å². The molecule has 1 N–H and O–H groups in total. The second-order valence-electron chi connectivity index (χ2n) is 3.70. The summed E-state index contributed by atoms with van der Waals surface area (Å²) in [6.45, 7) is 6.33. The number of nitrogens with one attached hydrogen (secondary N) is 1. The van der Waals surface area contributed by atoms with Crippen molar-refractivity contribution in [3.05, 3.63) is 29.6 Å². The van der Waals surface area contributed by atoms with Crippen molar-refractivity contribution in [1.82, 2.24) is 15.4 Å². The number of morpholine rings is 1. The van der Waals surface area contributed by atoms with E-state index in [-0.39, 0.29) is 0 Å². The van der Waals surface area contributed by atoms with Crippen LogP contribution in [0.25, 0.3) is 0 Å². The number of nitrogens with zero attached hydrogens (tertiary/aromatic N) is 2. The lowest BCUT2D eigenvalue weighted by atomic mass is 10.3. The van der Waals surface area contributed by atoms with Gasteiger partial charge in [-0.1, -0.05) is 6.07 Å². The minimum absolute atomic E-state index is 0.793. The molecule has 1 fully saturated rings. The van der Waals surface area contributed by atoms with Crippen LogP contribution >= 0.6 is 0 Å². The molecule has 2 heterocycles. The van der Waals surface area contributed by atoms with Gasteiger partial charge in [-0.15, -0.1) is 0 Å². The van der Waals surface area contributed by atoms with Gasteiger partial charge in [-0.05, 0) is 19.1 Å². The highest BCUT2D eigenvalue weighted by molar-refractivity contribution is 5.09. The van der Waals surface area contributed by atoms with Crippen molar-refractivity contribution in [3.8, 4) is 0 Å². The van der Waals surface area contributed by atoms with E-state index in [1.165, 1.54) is 0 Å². The maximum Gasteiger partial charge on any atom is 0.0608 e. The van der Waals surface area contributed by atoms with Crippen molar-refractivity contribution in [2.75, 3.05) is 26.3 Å². The van der Waals surface area contributed by atoms with Gasteiger partial charge in [-0.2, -0.15) is 0 Å². The largest absolute Gasteiger partial charge is 0.379 e. The van der Waals surface area contributed by atoms with Crippen molar-refractivity contribution in [2.24, 2.45) is 0 Å². The smallest absolute Gasteiger partial charge is 0.0608 e. The summed E-state index contributed by atoms with van der Waals surface area (Å²) in [5.74, 6) is 0. The normalized spacial score (nSPS) is 17.9. The van der Waals surface area contributed by atoms with Gasteiger partial charge < -0.3 is 4.74 Å². The third-order valence-corrected chi connectivity index (χ3v) is 2.44. The molecule has 0 unspecified atom stereocenters. The molecule has 4 nitrogen and oxygen atoms in total. The van der Waals surface area contributed by atoms with E-state index < -0.39 is 0 Å². The van der Waals surface area contributed by atoms with Crippen LogP contribution in [-0.4, -0.2) is 36.3 Å². The summed E-state index contributed by atoms with van der Waals surface area (Å²) in [7, 11) is 0. The lowest BCUT2D eigenvalue weighted by Gasteiger charge is -2.27. The van der Waals surface area contributed by atoms with Crippen molar-refractivity contribution in [3.63, 3.8) is 0 Å². The number of hydrogen-bond acceptors (Lipinski definition) is 4. The Bertz CT molecular complexity index is 310. The number of aryl methyl sites for hydroxylation is 1. The Hall–Kier alpha value is -0.970. The summed E-state index contributed by atoms with van der Waals surface area (Å²) in [4.78, 5) is 4.44. The first-order valence-electron chi connectivity index (χ1n) is 5.33. The number of pyridine rings is 1. The zero-order valence-corrected chi connectivity index (χ0v) is 9.07. The number of aromatic nitrogens is 1. The lowest BCUT2D eigenvalue weighted by Crippen LogP contribution is -2.45. The number of hydrazine groups is 1. The third-order valence-electron chi connectivity index (χ3n) is 2.44. The molecule has 0 aliphatic carbocycles. The monoisotopic (exact) mass is 207 g/mol. The minimum Gasteiger partial charge on any atom is -0.379 e. The topological polar surface area (TPSA) is 37.4 Å². The molecule has 0 aromatic carbocycles. The van der Waals surface area contributed by atoms with Crippen molar-refractivity contribution >= 4 is 0 Å². The Kier molecular flexibility index (Phi) is 3.66. The second kappa shape index (κ2) is 5.21. The summed E-state index contributed by atoms with van der Waals surface area (Å²) in [6.07, 6.45) is 0. The van der Waals surface area contributed by atoms with Crippen molar-refractivity contribution in [2.45, 2.75) is 13.5 Å². The first-order valence-corrected chi connectivity index (χ1v) is 5.33. The number of hydrogen-bond donors (Lipinski definition) is 1. The van der Waals surface area contributed by atoms with E-state index in [1.807, 2.05) is 25.1 Å². The van der Waals surface area contributed by atoms with Crippen molar-refractivity contribution < 1.29 is 4.74 Å². The lowest BCUT2D eigenvalue weighted by molar-refractivity contribution is 0.0103. The molecule has 0 amide bonds. The van der Waals surface area contributed by atoms with Gasteiger partial charge in [0.15, 0.2) is 0 Å². The van der Waals surface area contributed by atoms with Crippen LogP contribution in [0.5, 0.6) is 0 Å². The molecule has 1 aliphatic rings. The van der Waals surface area contributed by atoms with Gasteiger partial charge in [-0.3, -0.25) is 4.98 Å². The molecule has 2 rings (SSSR count). The fourth-order valence-corrected chi connectivity index (χ4v) is 1.61. The van der Waals surface area contributed by atoms with Crippen LogP contribution in [0.15, 0.2) is 18.2 Å². The fourth-order valence-electron chi connectivity index (χ4n) is 1.61. The molecule has 1 aliphatic heterocycles. The van der Waals surface area contributed by atoms with Crippen LogP contribution in [-0.2, 0) is 11.3 Å². The summed E-state index contributed by atoms with van der Waals surface area (Å²) in [5, 5.41) is 2.19. The maximum absolute atomic E-state index is 5.27. The van der Waals surface area contributed by atoms with Crippen LogP contribution in [0.3, 0.4) is 0 Å². The molecule has 0 radical (unpaired) electrons. The Morgan fingerprint density at radius 1 is 1.40 bits per heavy atom. The molecule has 0 spiro atoms. The molecular formula is C11H17N3O. The summed E-state index contributed by atoms with van der Waals surface area (Å²) >= 11 is 0. The quantitative estimate of drug-likeness (QED) is 0.792. The van der Waals surface area contributed by atoms with Gasteiger partial charge >= 0.3 is 0 Å². The molecule has 1 aromatic heterocycles. The third kappa shape index (κ3) is 3.27. The maximum atomic E-state index is 5.27. The molecular weight excluding hydrogens is 190 g/mol. The van der Waals surface area contributed by atoms with Gasteiger partial charge in [0.2, 0.25) is 0 Å². The number of rotatable bonds is 3. The van der Waals surface area contributed by atoms with E-state index in [9.17, 15) is 0 Å². The molecule has 82 valence electrons. The molecule has 1 aromatic rings.